The van der Waals surface area contributed by atoms with Crippen molar-refractivity contribution in [2.75, 3.05) is 18.5 Å². The van der Waals surface area contributed by atoms with Crippen molar-refractivity contribution in [3.8, 4) is 0 Å². The first-order valence-electron chi connectivity index (χ1n) is 7.02. The number of aryl methyl sites for hydroxylation is 1. The second-order valence-corrected chi connectivity index (χ2v) is 6.33. The lowest BCUT2D eigenvalue weighted by atomic mass is 10.2. The number of hydrogen-bond donors (Lipinski definition) is 1. The van der Waals surface area contributed by atoms with E-state index < -0.39 is 0 Å². The van der Waals surface area contributed by atoms with Gasteiger partial charge < -0.3 is 10.2 Å². The van der Waals surface area contributed by atoms with E-state index in [1.807, 2.05) is 0 Å². The summed E-state index contributed by atoms with van der Waals surface area (Å²) in [6, 6.07) is 8.39. The van der Waals surface area contributed by atoms with Gasteiger partial charge in [-0.05, 0) is 31.0 Å². The average molecular weight is 289 g/mol. The van der Waals surface area contributed by atoms with Crippen LogP contribution in [-0.2, 0) is 6.54 Å². The lowest BCUT2D eigenvalue weighted by molar-refractivity contribution is 0.549. The van der Waals surface area contributed by atoms with Crippen molar-refractivity contribution in [3.63, 3.8) is 0 Å². The van der Waals surface area contributed by atoms with Gasteiger partial charge >= 0.3 is 0 Å². The van der Waals surface area contributed by atoms with Crippen molar-refractivity contribution < 1.29 is 0 Å². The fraction of sp³-hybridized carbons (Fsp3) is 0.438. The van der Waals surface area contributed by atoms with Crippen LogP contribution in [0.2, 0.25) is 0 Å². The summed E-state index contributed by atoms with van der Waals surface area (Å²) in [5.41, 5.74) is 3.60. The van der Waals surface area contributed by atoms with E-state index in [9.17, 15) is 0 Å². The number of nitrogens with one attached hydrogen (secondary N) is 1. The third kappa shape index (κ3) is 3.81. The topological polar surface area (TPSA) is 28.2 Å². The van der Waals surface area contributed by atoms with Crippen molar-refractivity contribution in [2.24, 2.45) is 5.92 Å². The van der Waals surface area contributed by atoms with Gasteiger partial charge in [-0.2, -0.15) is 0 Å². The van der Waals surface area contributed by atoms with Gasteiger partial charge in [0.15, 0.2) is 5.13 Å². The Morgan fingerprint density at radius 3 is 2.75 bits per heavy atom. The van der Waals surface area contributed by atoms with Crippen molar-refractivity contribution >= 4 is 22.2 Å². The summed E-state index contributed by atoms with van der Waals surface area (Å²) in [5.74, 6) is 0.669. The monoisotopic (exact) mass is 289 g/mol. The number of aromatic nitrogens is 1. The quantitative estimate of drug-likeness (QED) is 0.872. The summed E-state index contributed by atoms with van der Waals surface area (Å²) >= 11 is 1.69. The molecule has 0 amide bonds. The molecule has 4 heteroatoms. The molecule has 108 valence electrons. The molecule has 2 aromatic rings. The molecule has 0 fully saturated rings. The molecule has 0 spiro atoms. The van der Waals surface area contributed by atoms with E-state index in [1.165, 1.54) is 11.3 Å². The number of nitrogens with zero attached hydrogens (tertiary/aromatic N) is 2. The van der Waals surface area contributed by atoms with Crippen LogP contribution in [0.5, 0.6) is 0 Å². The minimum atomic E-state index is 0.669. The molecule has 0 saturated heterocycles. The highest BCUT2D eigenvalue weighted by molar-refractivity contribution is 7.13. The molecule has 1 N–H and O–H groups in total. The zero-order valence-corrected chi connectivity index (χ0v) is 13.5. The molecule has 3 nitrogen and oxygen atoms in total. The smallest absolute Gasteiger partial charge is 0.189 e. The minimum absolute atomic E-state index is 0.669. The molecular formula is C16H23N3S. The number of benzene rings is 1. The van der Waals surface area contributed by atoms with Crippen LogP contribution >= 0.6 is 11.3 Å². The highest BCUT2D eigenvalue weighted by atomic mass is 32.1. The van der Waals surface area contributed by atoms with E-state index in [0.717, 1.165) is 23.9 Å². The molecule has 0 saturated carbocycles. The molecule has 0 aliphatic heterocycles. The van der Waals surface area contributed by atoms with Gasteiger partial charge in [-0.25, -0.2) is 4.98 Å². The van der Waals surface area contributed by atoms with E-state index in [0.29, 0.717) is 5.92 Å². The summed E-state index contributed by atoms with van der Waals surface area (Å²) < 4.78 is 0. The van der Waals surface area contributed by atoms with Crippen molar-refractivity contribution in [1.29, 1.82) is 0 Å². The number of anilines is 2. The molecule has 2 rings (SSSR count). The van der Waals surface area contributed by atoms with E-state index >= 15 is 0 Å². The highest BCUT2D eigenvalue weighted by Gasteiger charge is 2.10. The Balaban J connectivity index is 2.03. The fourth-order valence-electron chi connectivity index (χ4n) is 2.06. The normalized spacial score (nSPS) is 11.1. The first kappa shape index (κ1) is 15.0. The Kier molecular flexibility index (Phi) is 5.15. The predicted octanol–water partition coefficient (Wildman–Crippen LogP) is 3.97. The Morgan fingerprint density at radius 1 is 1.30 bits per heavy atom. The van der Waals surface area contributed by atoms with Crippen LogP contribution in [0, 0.1) is 12.8 Å². The first-order chi connectivity index (χ1) is 9.58. The fourth-order valence-corrected chi connectivity index (χ4v) is 2.87. The van der Waals surface area contributed by atoms with Crippen LogP contribution < -0.4 is 10.2 Å². The molecule has 0 radical (unpaired) electrons. The zero-order chi connectivity index (χ0) is 14.5. The van der Waals surface area contributed by atoms with Crippen LogP contribution in [0.4, 0.5) is 10.8 Å². The van der Waals surface area contributed by atoms with Gasteiger partial charge in [0.05, 0.1) is 5.69 Å². The molecule has 0 aliphatic rings. The second kappa shape index (κ2) is 6.86. The van der Waals surface area contributed by atoms with Gasteiger partial charge in [0.25, 0.3) is 0 Å². The van der Waals surface area contributed by atoms with E-state index in [4.69, 9.17) is 4.98 Å². The molecule has 0 unspecified atom stereocenters. The average Bonchev–Trinajstić information content (AvgIpc) is 2.87. The van der Waals surface area contributed by atoms with Gasteiger partial charge in [0.1, 0.15) is 0 Å². The molecular weight excluding hydrogens is 266 g/mol. The van der Waals surface area contributed by atoms with E-state index in [-0.39, 0.29) is 0 Å². The number of rotatable bonds is 6. The Hall–Kier alpha value is -1.39. The number of para-hydroxylation sites is 1. The summed E-state index contributed by atoms with van der Waals surface area (Å²) in [6.45, 7) is 8.43. The summed E-state index contributed by atoms with van der Waals surface area (Å²) in [6.07, 6.45) is 0. The van der Waals surface area contributed by atoms with E-state index in [1.54, 1.807) is 11.3 Å². The van der Waals surface area contributed by atoms with Gasteiger partial charge in [0.2, 0.25) is 0 Å². The van der Waals surface area contributed by atoms with Crippen LogP contribution in [-0.4, -0.2) is 18.6 Å². The predicted molar refractivity (Wildman–Crippen MR) is 87.9 cm³/mol. The summed E-state index contributed by atoms with van der Waals surface area (Å²) in [4.78, 5) is 6.87. The number of thiazole rings is 1. The molecule has 1 aromatic carbocycles. The Bertz CT molecular complexity index is 548. The Morgan fingerprint density at radius 2 is 2.05 bits per heavy atom. The largest absolute Gasteiger partial charge is 0.321 e. The maximum Gasteiger partial charge on any atom is 0.189 e. The minimum Gasteiger partial charge on any atom is -0.321 e. The molecule has 1 aromatic heterocycles. The van der Waals surface area contributed by atoms with Crippen molar-refractivity contribution in [2.45, 2.75) is 27.3 Å². The van der Waals surface area contributed by atoms with Gasteiger partial charge in [0, 0.05) is 24.7 Å². The van der Waals surface area contributed by atoms with Crippen LogP contribution in [0.25, 0.3) is 0 Å². The van der Waals surface area contributed by atoms with E-state index in [2.05, 4.69) is 67.7 Å². The third-order valence-corrected chi connectivity index (χ3v) is 4.13. The lowest BCUT2D eigenvalue weighted by Crippen LogP contribution is -2.19. The molecule has 0 atom stereocenters. The highest BCUT2D eigenvalue weighted by Crippen LogP contribution is 2.28. The number of hydrogen-bond acceptors (Lipinski definition) is 4. The van der Waals surface area contributed by atoms with Gasteiger partial charge in [-0.1, -0.05) is 32.0 Å². The zero-order valence-electron chi connectivity index (χ0n) is 12.7. The van der Waals surface area contributed by atoms with Gasteiger partial charge in [-0.3, -0.25) is 0 Å². The molecule has 0 bridgehead atoms. The van der Waals surface area contributed by atoms with Crippen molar-refractivity contribution in [1.82, 2.24) is 10.3 Å². The maximum absolute atomic E-state index is 4.71. The lowest BCUT2D eigenvalue weighted by Gasteiger charge is -2.18. The van der Waals surface area contributed by atoms with Crippen LogP contribution in [0.1, 0.15) is 25.1 Å². The van der Waals surface area contributed by atoms with Crippen LogP contribution in [0.15, 0.2) is 29.6 Å². The summed E-state index contributed by atoms with van der Waals surface area (Å²) in [5, 5.41) is 6.61. The maximum atomic E-state index is 4.71. The standard InChI is InChI=1S/C16H23N3S/c1-12(2)9-17-10-14-11-20-16(18-14)19(4)15-8-6-5-7-13(15)3/h5-8,11-12,17H,9-10H2,1-4H3. The first-order valence-corrected chi connectivity index (χ1v) is 7.90. The SMILES string of the molecule is Cc1ccccc1N(C)c1nc(CNCC(C)C)cs1. The molecule has 1 heterocycles. The second-order valence-electron chi connectivity index (χ2n) is 5.49. The summed E-state index contributed by atoms with van der Waals surface area (Å²) in [7, 11) is 2.08. The van der Waals surface area contributed by atoms with Crippen molar-refractivity contribution in [3.05, 3.63) is 40.9 Å². The van der Waals surface area contributed by atoms with Gasteiger partial charge in [-0.15, -0.1) is 11.3 Å². The van der Waals surface area contributed by atoms with Crippen LogP contribution in [0.3, 0.4) is 0 Å². The molecule has 20 heavy (non-hydrogen) atoms. The third-order valence-electron chi connectivity index (χ3n) is 3.16. The molecule has 0 aliphatic carbocycles. The Labute approximate surface area is 125 Å².